The number of nitro benzene ring substituents is 1. The molecule has 0 spiro atoms. The van der Waals surface area contributed by atoms with Crippen molar-refractivity contribution in [3.05, 3.63) is 33.9 Å². The second kappa shape index (κ2) is 6.88. The van der Waals surface area contributed by atoms with Crippen LogP contribution >= 0.6 is 0 Å². The summed E-state index contributed by atoms with van der Waals surface area (Å²) in [5.41, 5.74) is 1.18. The van der Waals surface area contributed by atoms with E-state index in [0.29, 0.717) is 17.2 Å². The number of hydrogen-bond donors (Lipinski definition) is 2. The third-order valence-electron chi connectivity index (χ3n) is 3.33. The van der Waals surface area contributed by atoms with E-state index < -0.39 is 4.92 Å². The maximum Gasteiger partial charge on any atom is 0.274 e. The van der Waals surface area contributed by atoms with Gasteiger partial charge in [-0.05, 0) is 25.8 Å². The van der Waals surface area contributed by atoms with E-state index in [1.165, 1.54) is 6.07 Å². The van der Waals surface area contributed by atoms with E-state index in [0.717, 1.165) is 0 Å². The van der Waals surface area contributed by atoms with Crippen LogP contribution in [0.1, 0.15) is 26.3 Å². The Balaban J connectivity index is 2.64. The van der Waals surface area contributed by atoms with Crippen molar-refractivity contribution >= 4 is 17.3 Å². The van der Waals surface area contributed by atoms with Crippen LogP contribution in [0.3, 0.4) is 0 Å². The highest BCUT2D eigenvalue weighted by Crippen LogP contribution is 2.24. The molecule has 6 heteroatoms. The monoisotopic (exact) mass is 279 g/mol. The van der Waals surface area contributed by atoms with Gasteiger partial charge in [0.05, 0.1) is 11.5 Å². The van der Waals surface area contributed by atoms with Crippen LogP contribution in [0.5, 0.6) is 0 Å². The minimum Gasteiger partial charge on any atom is -0.376 e. The highest BCUT2D eigenvalue weighted by molar-refractivity contribution is 5.81. The molecular formula is C14H21N3O3. The number of nitrogens with one attached hydrogen (secondary N) is 2. The molecule has 0 aliphatic rings. The number of amides is 1. The lowest BCUT2D eigenvalue weighted by molar-refractivity contribution is -0.385. The first-order valence-corrected chi connectivity index (χ1v) is 6.60. The van der Waals surface area contributed by atoms with E-state index in [4.69, 9.17) is 0 Å². The number of carbonyl (C=O) groups excluding carboxylic acids is 1. The van der Waals surface area contributed by atoms with Crippen molar-refractivity contribution in [1.82, 2.24) is 5.32 Å². The van der Waals surface area contributed by atoms with Crippen molar-refractivity contribution in [3.8, 4) is 0 Å². The van der Waals surface area contributed by atoms with Gasteiger partial charge in [0.15, 0.2) is 0 Å². The maximum atomic E-state index is 11.8. The summed E-state index contributed by atoms with van der Waals surface area (Å²) in [6.07, 6.45) is 0. The Hall–Kier alpha value is -2.11. The van der Waals surface area contributed by atoms with Gasteiger partial charge in [0.25, 0.3) is 5.69 Å². The Bertz CT molecular complexity index is 500. The number of anilines is 1. The van der Waals surface area contributed by atoms with E-state index in [-0.39, 0.29) is 24.2 Å². The second-order valence-corrected chi connectivity index (χ2v) is 5.16. The fourth-order valence-electron chi connectivity index (χ4n) is 1.66. The maximum absolute atomic E-state index is 11.8. The van der Waals surface area contributed by atoms with Gasteiger partial charge < -0.3 is 10.6 Å². The zero-order chi connectivity index (χ0) is 15.3. The van der Waals surface area contributed by atoms with Gasteiger partial charge in [0.2, 0.25) is 5.91 Å². The molecule has 20 heavy (non-hydrogen) atoms. The van der Waals surface area contributed by atoms with Crippen molar-refractivity contribution in [2.24, 2.45) is 5.92 Å². The summed E-state index contributed by atoms with van der Waals surface area (Å²) in [6.45, 7) is 7.77. The molecule has 1 rings (SSSR count). The molecule has 1 amide bonds. The van der Waals surface area contributed by atoms with Gasteiger partial charge in [-0.3, -0.25) is 14.9 Å². The van der Waals surface area contributed by atoms with Crippen molar-refractivity contribution in [2.75, 3.05) is 11.9 Å². The highest BCUT2D eigenvalue weighted by atomic mass is 16.6. The molecule has 0 saturated heterocycles. The minimum absolute atomic E-state index is 0.0472. The number of nitrogens with zero attached hydrogens (tertiary/aromatic N) is 1. The van der Waals surface area contributed by atoms with Crippen molar-refractivity contribution in [2.45, 2.75) is 33.7 Å². The average Bonchev–Trinajstić information content (AvgIpc) is 2.36. The van der Waals surface area contributed by atoms with Crippen LogP contribution < -0.4 is 10.6 Å². The van der Waals surface area contributed by atoms with Crippen LogP contribution in [0.4, 0.5) is 11.4 Å². The van der Waals surface area contributed by atoms with Crippen LogP contribution in [0.15, 0.2) is 18.2 Å². The average molecular weight is 279 g/mol. The summed E-state index contributed by atoms with van der Waals surface area (Å²) in [5.74, 6) is 0.232. The summed E-state index contributed by atoms with van der Waals surface area (Å²) >= 11 is 0. The molecule has 0 radical (unpaired) electrons. The second-order valence-electron chi connectivity index (χ2n) is 5.16. The molecule has 110 valence electrons. The Morgan fingerprint density at radius 1 is 1.35 bits per heavy atom. The largest absolute Gasteiger partial charge is 0.376 e. The van der Waals surface area contributed by atoms with Crippen LogP contribution in [0.2, 0.25) is 0 Å². The first-order valence-electron chi connectivity index (χ1n) is 6.60. The molecule has 0 aromatic heterocycles. The number of benzene rings is 1. The molecule has 0 saturated carbocycles. The Kier molecular flexibility index (Phi) is 5.49. The summed E-state index contributed by atoms with van der Waals surface area (Å²) in [5, 5.41) is 16.6. The molecule has 0 bridgehead atoms. The topological polar surface area (TPSA) is 84.3 Å². The van der Waals surface area contributed by atoms with Crippen molar-refractivity contribution in [1.29, 1.82) is 0 Å². The van der Waals surface area contributed by atoms with Crippen LogP contribution in [0.25, 0.3) is 0 Å². The first-order chi connectivity index (χ1) is 9.32. The van der Waals surface area contributed by atoms with E-state index in [9.17, 15) is 14.9 Å². The Labute approximate surface area is 118 Å². The summed E-state index contributed by atoms with van der Waals surface area (Å²) in [6, 6.07) is 4.86. The molecule has 0 aliphatic carbocycles. The Morgan fingerprint density at radius 2 is 2.00 bits per heavy atom. The fourth-order valence-corrected chi connectivity index (χ4v) is 1.66. The molecule has 0 fully saturated rings. The molecule has 1 unspecified atom stereocenters. The molecule has 0 aliphatic heterocycles. The molecule has 2 N–H and O–H groups in total. The Morgan fingerprint density at radius 3 is 2.55 bits per heavy atom. The quantitative estimate of drug-likeness (QED) is 0.619. The van der Waals surface area contributed by atoms with Gasteiger partial charge in [0.1, 0.15) is 0 Å². The standard InChI is InChI=1S/C14H21N3O3/c1-9(2)11(4)16-14(18)8-15-12-6-5-7-13(10(12)3)17(19)20/h5-7,9,11,15H,8H2,1-4H3,(H,16,18). The molecule has 1 aromatic rings. The van der Waals surface area contributed by atoms with Crippen molar-refractivity contribution in [3.63, 3.8) is 0 Å². The van der Waals surface area contributed by atoms with E-state index in [1.54, 1.807) is 19.1 Å². The van der Waals surface area contributed by atoms with E-state index in [2.05, 4.69) is 10.6 Å². The van der Waals surface area contributed by atoms with Crippen LogP contribution in [-0.2, 0) is 4.79 Å². The fraction of sp³-hybridized carbons (Fsp3) is 0.500. The normalized spacial score (nSPS) is 12.1. The summed E-state index contributed by atoms with van der Waals surface area (Å²) in [4.78, 5) is 22.2. The van der Waals surface area contributed by atoms with Crippen LogP contribution in [0, 0.1) is 23.0 Å². The van der Waals surface area contributed by atoms with Gasteiger partial charge in [0, 0.05) is 23.4 Å². The molecule has 6 nitrogen and oxygen atoms in total. The zero-order valence-electron chi connectivity index (χ0n) is 12.3. The molecule has 0 heterocycles. The predicted molar refractivity (Wildman–Crippen MR) is 78.8 cm³/mol. The SMILES string of the molecule is Cc1c(NCC(=O)NC(C)C(C)C)cccc1[N+](=O)[O-]. The first kappa shape index (κ1) is 15.9. The number of nitro groups is 1. The molecular weight excluding hydrogens is 258 g/mol. The highest BCUT2D eigenvalue weighted by Gasteiger charge is 2.14. The number of rotatable bonds is 6. The van der Waals surface area contributed by atoms with Gasteiger partial charge >= 0.3 is 0 Å². The third kappa shape index (κ3) is 4.22. The lowest BCUT2D eigenvalue weighted by Gasteiger charge is -2.18. The van der Waals surface area contributed by atoms with Gasteiger partial charge in [-0.25, -0.2) is 0 Å². The lowest BCUT2D eigenvalue weighted by Crippen LogP contribution is -2.39. The molecule has 1 aromatic carbocycles. The number of carbonyl (C=O) groups is 1. The molecule has 1 atom stereocenters. The van der Waals surface area contributed by atoms with Gasteiger partial charge in [-0.2, -0.15) is 0 Å². The van der Waals surface area contributed by atoms with Gasteiger partial charge in [-0.15, -0.1) is 0 Å². The number of hydrogen-bond acceptors (Lipinski definition) is 4. The lowest BCUT2D eigenvalue weighted by atomic mass is 10.1. The third-order valence-corrected chi connectivity index (χ3v) is 3.33. The summed E-state index contributed by atoms with van der Waals surface area (Å²) < 4.78 is 0. The van der Waals surface area contributed by atoms with Gasteiger partial charge in [-0.1, -0.05) is 19.9 Å². The zero-order valence-corrected chi connectivity index (χ0v) is 12.3. The van der Waals surface area contributed by atoms with E-state index in [1.807, 2.05) is 20.8 Å². The summed E-state index contributed by atoms with van der Waals surface area (Å²) in [7, 11) is 0. The van der Waals surface area contributed by atoms with E-state index >= 15 is 0 Å². The smallest absolute Gasteiger partial charge is 0.274 e. The predicted octanol–water partition coefficient (Wildman–Crippen LogP) is 2.48. The minimum atomic E-state index is -0.429. The van der Waals surface area contributed by atoms with Crippen LogP contribution in [-0.4, -0.2) is 23.4 Å². The van der Waals surface area contributed by atoms with Crippen molar-refractivity contribution < 1.29 is 9.72 Å².